The molecular weight excluding hydrogens is 306 g/mol. The standard InChI is InChI=1S/C15H19NO5S/c1-21-10-15(6-7-15)22(19,20)16-8-11-4-2-3-5-12(11)13(9-16)14(17)18/h2-5,13H,6-10H2,1H3,(H,17,18). The van der Waals surface area contributed by atoms with E-state index in [4.69, 9.17) is 4.74 Å². The van der Waals surface area contributed by atoms with Gasteiger partial charge in [-0.15, -0.1) is 0 Å². The predicted molar refractivity (Wildman–Crippen MR) is 80.0 cm³/mol. The molecule has 1 aromatic carbocycles. The van der Waals surface area contributed by atoms with Crippen LogP contribution in [0.1, 0.15) is 29.9 Å². The van der Waals surface area contributed by atoms with E-state index in [1.54, 1.807) is 24.3 Å². The second kappa shape index (κ2) is 5.33. The average molecular weight is 325 g/mol. The quantitative estimate of drug-likeness (QED) is 0.879. The summed E-state index contributed by atoms with van der Waals surface area (Å²) in [5, 5.41) is 9.44. The van der Waals surface area contributed by atoms with Gasteiger partial charge in [-0.2, -0.15) is 4.31 Å². The highest BCUT2D eigenvalue weighted by atomic mass is 32.2. The average Bonchev–Trinajstić information content (AvgIpc) is 3.27. The Morgan fingerprint density at radius 3 is 2.68 bits per heavy atom. The largest absolute Gasteiger partial charge is 0.481 e. The van der Waals surface area contributed by atoms with Crippen LogP contribution in [-0.2, 0) is 26.1 Å². The Bertz CT molecular complexity index is 696. The van der Waals surface area contributed by atoms with Crippen LogP contribution in [0.4, 0.5) is 0 Å². The Kier molecular flexibility index (Phi) is 3.74. The molecule has 1 unspecified atom stereocenters. The molecule has 7 heteroatoms. The van der Waals surface area contributed by atoms with Crippen LogP contribution in [-0.4, -0.2) is 48.8 Å². The predicted octanol–water partition coefficient (Wildman–Crippen LogP) is 1.18. The van der Waals surface area contributed by atoms with Crippen LogP contribution in [0, 0.1) is 0 Å². The van der Waals surface area contributed by atoms with Gasteiger partial charge in [-0.05, 0) is 24.0 Å². The number of benzene rings is 1. The number of rotatable bonds is 5. The van der Waals surface area contributed by atoms with Crippen molar-refractivity contribution >= 4 is 16.0 Å². The number of carboxylic acid groups (broad SMARTS) is 1. The summed E-state index contributed by atoms with van der Waals surface area (Å²) in [5.41, 5.74) is 1.47. The number of ether oxygens (including phenoxy) is 1. The monoisotopic (exact) mass is 325 g/mol. The zero-order valence-electron chi connectivity index (χ0n) is 12.4. The summed E-state index contributed by atoms with van der Waals surface area (Å²) >= 11 is 0. The maximum atomic E-state index is 12.9. The van der Waals surface area contributed by atoms with Gasteiger partial charge in [0, 0.05) is 20.2 Å². The minimum absolute atomic E-state index is 0.0137. The van der Waals surface area contributed by atoms with Gasteiger partial charge in [-0.1, -0.05) is 24.3 Å². The first-order valence-corrected chi connectivity index (χ1v) is 8.64. The molecule has 6 nitrogen and oxygen atoms in total. The highest BCUT2D eigenvalue weighted by molar-refractivity contribution is 7.90. The fraction of sp³-hybridized carbons (Fsp3) is 0.533. The molecule has 3 rings (SSSR count). The van der Waals surface area contributed by atoms with Gasteiger partial charge >= 0.3 is 5.97 Å². The minimum atomic E-state index is -3.58. The van der Waals surface area contributed by atoms with Crippen LogP contribution in [0.25, 0.3) is 0 Å². The summed E-state index contributed by atoms with van der Waals surface area (Å²) in [6.45, 7) is 0.374. The van der Waals surface area contributed by atoms with E-state index in [1.807, 2.05) is 0 Å². The van der Waals surface area contributed by atoms with Crippen LogP contribution in [0.3, 0.4) is 0 Å². The fourth-order valence-corrected chi connectivity index (χ4v) is 5.21. The number of methoxy groups -OCH3 is 1. The molecule has 1 atom stereocenters. The third-order valence-corrected chi connectivity index (χ3v) is 7.14. The molecule has 2 aliphatic rings. The molecule has 1 N–H and O–H groups in total. The smallest absolute Gasteiger partial charge is 0.312 e. The van der Waals surface area contributed by atoms with Crippen molar-refractivity contribution in [2.45, 2.75) is 30.1 Å². The summed E-state index contributed by atoms with van der Waals surface area (Å²) < 4.78 is 31.3. The van der Waals surface area contributed by atoms with E-state index >= 15 is 0 Å². The summed E-state index contributed by atoms with van der Waals surface area (Å²) in [5.74, 6) is -1.82. The van der Waals surface area contributed by atoms with E-state index in [-0.39, 0.29) is 19.7 Å². The van der Waals surface area contributed by atoms with Crippen molar-refractivity contribution in [1.29, 1.82) is 0 Å². The summed E-state index contributed by atoms with van der Waals surface area (Å²) in [7, 11) is -2.09. The molecule has 0 spiro atoms. The summed E-state index contributed by atoms with van der Waals surface area (Å²) in [4.78, 5) is 11.5. The molecule has 22 heavy (non-hydrogen) atoms. The zero-order chi connectivity index (χ0) is 16.0. The van der Waals surface area contributed by atoms with Crippen LogP contribution < -0.4 is 0 Å². The lowest BCUT2D eigenvalue weighted by Crippen LogP contribution is -2.47. The van der Waals surface area contributed by atoms with Crippen LogP contribution in [0.5, 0.6) is 0 Å². The molecule has 0 amide bonds. The van der Waals surface area contributed by atoms with E-state index in [1.165, 1.54) is 11.4 Å². The van der Waals surface area contributed by atoms with Crippen LogP contribution in [0.2, 0.25) is 0 Å². The van der Waals surface area contributed by atoms with E-state index in [9.17, 15) is 18.3 Å². The lowest BCUT2D eigenvalue weighted by Gasteiger charge is -2.34. The van der Waals surface area contributed by atoms with Crippen molar-refractivity contribution in [3.63, 3.8) is 0 Å². The zero-order valence-corrected chi connectivity index (χ0v) is 13.2. The number of nitrogens with zero attached hydrogens (tertiary/aromatic N) is 1. The molecule has 1 aliphatic heterocycles. The Balaban J connectivity index is 1.96. The van der Waals surface area contributed by atoms with Gasteiger partial charge in [-0.3, -0.25) is 4.79 Å². The van der Waals surface area contributed by atoms with Crippen molar-refractivity contribution in [2.75, 3.05) is 20.3 Å². The first-order valence-electron chi connectivity index (χ1n) is 7.20. The molecule has 120 valence electrons. The van der Waals surface area contributed by atoms with Gasteiger partial charge in [-0.25, -0.2) is 8.42 Å². The maximum absolute atomic E-state index is 12.9. The van der Waals surface area contributed by atoms with Gasteiger partial charge in [0.1, 0.15) is 4.75 Å². The van der Waals surface area contributed by atoms with Gasteiger partial charge in [0.15, 0.2) is 0 Å². The van der Waals surface area contributed by atoms with Gasteiger partial charge in [0.25, 0.3) is 0 Å². The fourth-order valence-electron chi connectivity index (χ4n) is 3.12. The Morgan fingerprint density at radius 1 is 1.41 bits per heavy atom. The number of carboxylic acids is 1. The molecule has 1 heterocycles. The number of carbonyl (C=O) groups is 1. The van der Waals surface area contributed by atoms with Crippen molar-refractivity contribution in [3.05, 3.63) is 35.4 Å². The van der Waals surface area contributed by atoms with Crippen LogP contribution in [0.15, 0.2) is 24.3 Å². The number of aliphatic carboxylic acids is 1. The first-order chi connectivity index (χ1) is 10.4. The van der Waals surface area contributed by atoms with Crippen molar-refractivity contribution in [3.8, 4) is 0 Å². The molecule has 1 fully saturated rings. The lowest BCUT2D eigenvalue weighted by molar-refractivity contribution is -0.139. The second-order valence-corrected chi connectivity index (χ2v) is 8.34. The van der Waals surface area contributed by atoms with E-state index in [2.05, 4.69) is 0 Å². The number of fused-ring (bicyclic) bond motifs is 1. The van der Waals surface area contributed by atoms with E-state index in [0.717, 1.165) is 5.56 Å². The maximum Gasteiger partial charge on any atom is 0.312 e. The van der Waals surface area contributed by atoms with E-state index < -0.39 is 26.7 Å². The molecule has 0 aromatic heterocycles. The first kappa shape index (κ1) is 15.5. The lowest BCUT2D eigenvalue weighted by atomic mass is 9.91. The summed E-state index contributed by atoms with van der Waals surface area (Å²) in [6, 6.07) is 7.14. The molecule has 1 aromatic rings. The van der Waals surface area contributed by atoms with Crippen molar-refractivity contribution in [2.24, 2.45) is 0 Å². The minimum Gasteiger partial charge on any atom is -0.481 e. The van der Waals surface area contributed by atoms with E-state index in [0.29, 0.717) is 18.4 Å². The third-order valence-electron chi connectivity index (χ3n) is 4.56. The van der Waals surface area contributed by atoms with Gasteiger partial charge in [0.2, 0.25) is 10.0 Å². The molecule has 0 bridgehead atoms. The highest BCUT2D eigenvalue weighted by Gasteiger charge is 2.57. The second-order valence-electron chi connectivity index (χ2n) is 6.00. The SMILES string of the molecule is COCC1(S(=O)(=O)N2Cc3ccccc3C(C(=O)O)C2)CC1. The number of hydrogen-bond acceptors (Lipinski definition) is 4. The van der Waals surface area contributed by atoms with Crippen molar-refractivity contribution < 1.29 is 23.1 Å². The number of hydrogen-bond donors (Lipinski definition) is 1. The Morgan fingerprint density at radius 2 is 2.09 bits per heavy atom. The molecule has 0 saturated heterocycles. The number of sulfonamides is 1. The van der Waals surface area contributed by atoms with Gasteiger partial charge in [0.05, 0.1) is 12.5 Å². The Hall–Kier alpha value is -1.44. The normalized spacial score (nSPS) is 23.8. The third kappa shape index (κ3) is 2.33. The molecule has 1 aliphatic carbocycles. The Labute approximate surface area is 129 Å². The topological polar surface area (TPSA) is 83.9 Å². The molecule has 0 radical (unpaired) electrons. The molecule has 1 saturated carbocycles. The summed E-state index contributed by atoms with van der Waals surface area (Å²) in [6.07, 6.45) is 1.14. The van der Waals surface area contributed by atoms with Gasteiger partial charge < -0.3 is 9.84 Å². The highest BCUT2D eigenvalue weighted by Crippen LogP contribution is 2.47. The van der Waals surface area contributed by atoms with Crippen LogP contribution >= 0.6 is 0 Å². The molecular formula is C15H19NO5S. The van der Waals surface area contributed by atoms with Crippen molar-refractivity contribution in [1.82, 2.24) is 4.31 Å².